The molecule has 0 spiro atoms. The predicted octanol–water partition coefficient (Wildman–Crippen LogP) is 0.954. The van der Waals surface area contributed by atoms with Gasteiger partial charge >= 0.3 is 35.5 Å². The zero-order chi connectivity index (χ0) is 8.27. The van der Waals surface area contributed by atoms with E-state index >= 15 is 0 Å². The predicted molar refractivity (Wildman–Crippen MR) is 52.2 cm³/mol. The van der Waals surface area contributed by atoms with Crippen LogP contribution in [0.3, 0.4) is 0 Å². The van der Waals surface area contributed by atoms with E-state index in [-0.39, 0.29) is 36.0 Å². The Hall–Kier alpha value is 0.0400. The van der Waals surface area contributed by atoms with Crippen LogP contribution in [0.1, 0.15) is 5.56 Å². The van der Waals surface area contributed by atoms with Crippen LogP contribution >= 0.6 is 12.6 Å². The Morgan fingerprint density at radius 3 is 2.25 bits per heavy atom. The van der Waals surface area contributed by atoms with Crippen LogP contribution in [0.15, 0.2) is 29.2 Å². The minimum absolute atomic E-state index is 0. The Morgan fingerprint density at radius 1 is 1.33 bits per heavy atom. The SMILES string of the molecule is O=C(O)Cc1ccc(S)cc1.[NaH]. The Balaban J connectivity index is 0.00000121. The molecule has 0 radical (unpaired) electrons. The van der Waals surface area contributed by atoms with Gasteiger partial charge in [-0.05, 0) is 17.7 Å². The second-order valence-electron chi connectivity index (χ2n) is 2.24. The van der Waals surface area contributed by atoms with Crippen LogP contribution in [0.25, 0.3) is 0 Å². The molecular formula is C8H9NaO2S. The molecule has 4 heteroatoms. The van der Waals surface area contributed by atoms with E-state index in [2.05, 4.69) is 12.6 Å². The van der Waals surface area contributed by atoms with Gasteiger partial charge in [-0.25, -0.2) is 0 Å². The van der Waals surface area contributed by atoms with E-state index < -0.39 is 5.97 Å². The van der Waals surface area contributed by atoms with E-state index in [1.807, 2.05) is 0 Å². The quantitative estimate of drug-likeness (QED) is 0.541. The summed E-state index contributed by atoms with van der Waals surface area (Å²) in [6.45, 7) is 0. The van der Waals surface area contributed by atoms with E-state index in [0.717, 1.165) is 10.5 Å². The molecule has 60 valence electrons. The number of aliphatic carboxylic acids is 1. The molecule has 0 atom stereocenters. The van der Waals surface area contributed by atoms with Gasteiger partial charge in [0.25, 0.3) is 0 Å². The fourth-order valence-electron chi connectivity index (χ4n) is 0.788. The summed E-state index contributed by atoms with van der Waals surface area (Å²) in [7, 11) is 0. The fourth-order valence-corrected chi connectivity index (χ4v) is 0.937. The van der Waals surface area contributed by atoms with Gasteiger partial charge in [-0.15, -0.1) is 12.6 Å². The molecule has 1 aromatic carbocycles. The Labute approximate surface area is 98.7 Å². The monoisotopic (exact) mass is 192 g/mol. The number of thiol groups is 1. The van der Waals surface area contributed by atoms with E-state index in [9.17, 15) is 4.79 Å². The molecular weight excluding hydrogens is 183 g/mol. The first-order valence-electron chi connectivity index (χ1n) is 3.18. The van der Waals surface area contributed by atoms with Gasteiger partial charge in [-0.1, -0.05) is 12.1 Å². The van der Waals surface area contributed by atoms with Crippen LogP contribution in [-0.2, 0) is 11.2 Å². The second-order valence-corrected chi connectivity index (χ2v) is 2.75. The third-order valence-electron chi connectivity index (χ3n) is 1.29. The van der Waals surface area contributed by atoms with E-state index in [1.54, 1.807) is 24.3 Å². The molecule has 1 aromatic rings. The van der Waals surface area contributed by atoms with Gasteiger partial charge in [0.2, 0.25) is 0 Å². The minimum atomic E-state index is -0.808. The zero-order valence-corrected chi connectivity index (χ0v) is 6.71. The van der Waals surface area contributed by atoms with Gasteiger partial charge < -0.3 is 5.11 Å². The first-order valence-corrected chi connectivity index (χ1v) is 3.63. The van der Waals surface area contributed by atoms with Gasteiger partial charge in [0, 0.05) is 4.90 Å². The molecule has 0 unspecified atom stereocenters. The van der Waals surface area contributed by atoms with Crippen LogP contribution < -0.4 is 0 Å². The van der Waals surface area contributed by atoms with Crippen molar-refractivity contribution in [3.8, 4) is 0 Å². The summed E-state index contributed by atoms with van der Waals surface area (Å²) in [4.78, 5) is 11.1. The summed E-state index contributed by atoms with van der Waals surface area (Å²) in [6, 6.07) is 7.08. The van der Waals surface area contributed by atoms with Crippen LogP contribution in [0.5, 0.6) is 0 Å². The molecule has 0 aliphatic heterocycles. The van der Waals surface area contributed by atoms with Crippen LogP contribution in [0.2, 0.25) is 0 Å². The third-order valence-corrected chi connectivity index (χ3v) is 1.59. The maximum atomic E-state index is 10.2. The summed E-state index contributed by atoms with van der Waals surface area (Å²) >= 11 is 4.07. The Bertz CT molecular complexity index is 258. The molecule has 1 N–H and O–H groups in total. The van der Waals surface area contributed by atoms with Gasteiger partial charge in [-0.3, -0.25) is 4.79 Å². The normalized spacial score (nSPS) is 8.75. The molecule has 0 saturated heterocycles. The van der Waals surface area contributed by atoms with Gasteiger partial charge in [0.15, 0.2) is 0 Å². The van der Waals surface area contributed by atoms with Crippen LogP contribution in [0, 0.1) is 0 Å². The van der Waals surface area contributed by atoms with Crippen molar-refractivity contribution in [2.24, 2.45) is 0 Å². The standard InChI is InChI=1S/C8H8O2S.Na.H/c9-8(10)5-6-1-3-7(11)4-2-6;;/h1-4,11H,5H2,(H,9,10);;. The first-order chi connectivity index (χ1) is 5.18. The zero-order valence-electron chi connectivity index (χ0n) is 5.82. The fraction of sp³-hybridized carbons (Fsp3) is 0.125. The molecule has 0 aliphatic rings. The van der Waals surface area contributed by atoms with Crippen LogP contribution in [-0.4, -0.2) is 40.6 Å². The molecule has 0 fully saturated rings. The number of hydrogen-bond acceptors (Lipinski definition) is 2. The van der Waals surface area contributed by atoms with Crippen molar-refractivity contribution in [1.29, 1.82) is 0 Å². The van der Waals surface area contributed by atoms with Crippen molar-refractivity contribution >= 4 is 48.2 Å². The maximum absolute atomic E-state index is 10.2. The number of carboxylic acids is 1. The summed E-state index contributed by atoms with van der Waals surface area (Å²) in [5.41, 5.74) is 0.801. The number of benzene rings is 1. The number of hydrogen-bond donors (Lipinski definition) is 2. The van der Waals surface area contributed by atoms with Crippen molar-refractivity contribution in [2.75, 3.05) is 0 Å². The van der Waals surface area contributed by atoms with Crippen molar-refractivity contribution in [1.82, 2.24) is 0 Å². The Kier molecular flexibility index (Phi) is 5.66. The molecule has 0 aliphatic carbocycles. The molecule has 0 bridgehead atoms. The molecule has 0 heterocycles. The molecule has 0 saturated carbocycles. The van der Waals surface area contributed by atoms with Crippen molar-refractivity contribution in [2.45, 2.75) is 11.3 Å². The molecule has 12 heavy (non-hydrogen) atoms. The number of rotatable bonds is 2. The number of carboxylic acid groups (broad SMARTS) is 1. The van der Waals surface area contributed by atoms with E-state index in [4.69, 9.17) is 5.11 Å². The summed E-state index contributed by atoms with van der Waals surface area (Å²) in [5.74, 6) is -0.808. The van der Waals surface area contributed by atoms with Gasteiger partial charge in [0.05, 0.1) is 6.42 Å². The molecule has 2 nitrogen and oxygen atoms in total. The topological polar surface area (TPSA) is 37.3 Å². The van der Waals surface area contributed by atoms with Gasteiger partial charge in [-0.2, -0.15) is 0 Å². The Morgan fingerprint density at radius 2 is 1.83 bits per heavy atom. The van der Waals surface area contributed by atoms with Gasteiger partial charge in [0.1, 0.15) is 0 Å². The van der Waals surface area contributed by atoms with E-state index in [1.165, 1.54) is 0 Å². The summed E-state index contributed by atoms with van der Waals surface area (Å²) in [5, 5.41) is 8.42. The molecule has 0 amide bonds. The molecule has 0 aromatic heterocycles. The number of carbonyl (C=O) groups is 1. The van der Waals surface area contributed by atoms with Crippen molar-refractivity contribution < 1.29 is 9.90 Å². The average Bonchev–Trinajstić information content (AvgIpc) is 1.93. The summed E-state index contributed by atoms with van der Waals surface area (Å²) < 4.78 is 0. The third kappa shape index (κ3) is 4.16. The van der Waals surface area contributed by atoms with Crippen molar-refractivity contribution in [3.05, 3.63) is 29.8 Å². The van der Waals surface area contributed by atoms with Crippen molar-refractivity contribution in [3.63, 3.8) is 0 Å². The summed E-state index contributed by atoms with van der Waals surface area (Å²) in [6.07, 6.45) is 0.0774. The second kappa shape index (κ2) is 5.65. The van der Waals surface area contributed by atoms with Crippen LogP contribution in [0.4, 0.5) is 0 Å². The molecule has 1 rings (SSSR count). The first kappa shape index (κ1) is 12.0. The average molecular weight is 192 g/mol. The van der Waals surface area contributed by atoms with E-state index in [0.29, 0.717) is 0 Å².